The van der Waals surface area contributed by atoms with Gasteiger partial charge in [0.05, 0.1) is 22.2 Å². The number of carboxylic acids is 1. The Morgan fingerprint density at radius 3 is 2.48 bits per heavy atom. The summed E-state index contributed by atoms with van der Waals surface area (Å²) in [5, 5.41) is 21.3. The number of rotatable bonds is 7. The van der Waals surface area contributed by atoms with Gasteiger partial charge in [-0.2, -0.15) is 5.26 Å². The zero-order valence-corrected chi connectivity index (χ0v) is 17.1. The van der Waals surface area contributed by atoms with Crippen molar-refractivity contribution in [2.75, 3.05) is 19.0 Å². The summed E-state index contributed by atoms with van der Waals surface area (Å²) in [5.41, 5.74) is 0.516. The van der Waals surface area contributed by atoms with E-state index in [1.165, 1.54) is 43.5 Å². The van der Waals surface area contributed by atoms with Gasteiger partial charge in [-0.1, -0.05) is 34.8 Å². The third-order valence-electron chi connectivity index (χ3n) is 3.45. The molecule has 0 saturated carbocycles. The zero-order chi connectivity index (χ0) is 21.6. The molecule has 2 aromatic rings. The fraction of sp³-hybridized carbons (Fsp3) is 0.105. The monoisotopic (exact) mass is 454 g/mol. The molecule has 2 N–H and O–H groups in total. The number of nitrogens with zero attached hydrogens (tertiary/aromatic N) is 1. The average molecular weight is 456 g/mol. The van der Waals surface area contributed by atoms with Crippen LogP contribution in [-0.4, -0.2) is 30.7 Å². The Balaban J connectivity index is 2.30. The second-order valence-electron chi connectivity index (χ2n) is 5.47. The second kappa shape index (κ2) is 10.0. The highest BCUT2D eigenvalue weighted by Gasteiger charge is 2.15. The lowest BCUT2D eigenvalue weighted by Crippen LogP contribution is -2.13. The number of aliphatic carboxylic acids is 1. The lowest BCUT2D eigenvalue weighted by atomic mass is 10.1. The molecule has 0 radical (unpaired) electrons. The quantitative estimate of drug-likeness (QED) is 0.464. The molecule has 0 spiro atoms. The van der Waals surface area contributed by atoms with Crippen molar-refractivity contribution in [3.8, 4) is 17.6 Å². The van der Waals surface area contributed by atoms with Gasteiger partial charge in [-0.3, -0.25) is 4.79 Å². The maximum Gasteiger partial charge on any atom is 0.341 e. The van der Waals surface area contributed by atoms with Crippen LogP contribution in [0.4, 0.5) is 5.69 Å². The van der Waals surface area contributed by atoms with Gasteiger partial charge in [0.25, 0.3) is 5.91 Å². The first-order chi connectivity index (χ1) is 13.7. The fourth-order valence-corrected chi connectivity index (χ4v) is 2.76. The molecule has 0 aliphatic carbocycles. The summed E-state index contributed by atoms with van der Waals surface area (Å²) in [5.74, 6) is -1.68. The predicted octanol–water partition coefficient (Wildman–Crippen LogP) is 4.66. The molecule has 0 bridgehead atoms. The molecule has 0 aliphatic heterocycles. The standard InChI is InChI=1S/C19H13Cl3N2O5/c1-28-16-6-10(5-15(22)18(16)29-9-17(25)26)4-11(8-23)19(27)24-12-2-3-13(20)14(21)7-12/h2-7H,9H2,1H3,(H,24,27)(H,25,26)/b11-4+. The highest BCUT2D eigenvalue weighted by Crippen LogP contribution is 2.37. The van der Waals surface area contributed by atoms with E-state index in [2.05, 4.69) is 5.32 Å². The Labute approximate surface area is 181 Å². The fourth-order valence-electron chi connectivity index (χ4n) is 2.18. The van der Waals surface area contributed by atoms with Gasteiger partial charge in [0.2, 0.25) is 0 Å². The van der Waals surface area contributed by atoms with Gasteiger partial charge >= 0.3 is 5.97 Å². The number of carboxylic acid groups (broad SMARTS) is 1. The van der Waals surface area contributed by atoms with E-state index in [4.69, 9.17) is 49.4 Å². The molecule has 10 heteroatoms. The summed E-state index contributed by atoms with van der Waals surface area (Å²) in [6, 6.07) is 9.16. The minimum absolute atomic E-state index is 0.0347. The molecular weight excluding hydrogens is 443 g/mol. The summed E-state index contributed by atoms with van der Waals surface area (Å²) in [4.78, 5) is 23.1. The summed E-state index contributed by atoms with van der Waals surface area (Å²) in [7, 11) is 1.34. The Hall–Kier alpha value is -2.92. The average Bonchev–Trinajstić information content (AvgIpc) is 2.67. The molecule has 7 nitrogen and oxygen atoms in total. The summed E-state index contributed by atoms with van der Waals surface area (Å²) >= 11 is 17.9. The Morgan fingerprint density at radius 2 is 1.90 bits per heavy atom. The molecule has 0 heterocycles. The molecule has 0 aliphatic rings. The Morgan fingerprint density at radius 1 is 1.17 bits per heavy atom. The van der Waals surface area contributed by atoms with Crippen molar-refractivity contribution < 1.29 is 24.2 Å². The van der Waals surface area contributed by atoms with Crippen LogP contribution in [-0.2, 0) is 9.59 Å². The number of nitriles is 1. The molecule has 0 atom stereocenters. The summed E-state index contributed by atoms with van der Waals surface area (Å²) < 4.78 is 10.3. The number of anilines is 1. The smallest absolute Gasteiger partial charge is 0.341 e. The van der Waals surface area contributed by atoms with E-state index in [9.17, 15) is 14.9 Å². The van der Waals surface area contributed by atoms with Crippen LogP contribution in [0.25, 0.3) is 6.08 Å². The number of amides is 1. The number of hydrogen-bond acceptors (Lipinski definition) is 5. The van der Waals surface area contributed by atoms with E-state index in [0.717, 1.165) is 0 Å². The van der Waals surface area contributed by atoms with Crippen LogP contribution >= 0.6 is 34.8 Å². The molecule has 2 rings (SSSR count). The van der Waals surface area contributed by atoms with E-state index in [-0.39, 0.29) is 27.1 Å². The maximum absolute atomic E-state index is 12.4. The second-order valence-corrected chi connectivity index (χ2v) is 6.69. The molecule has 0 fully saturated rings. The van der Waals surface area contributed by atoms with Gasteiger partial charge in [-0.25, -0.2) is 4.79 Å². The number of carbonyl (C=O) groups is 2. The van der Waals surface area contributed by atoms with Gasteiger partial charge in [-0.15, -0.1) is 0 Å². The predicted molar refractivity (Wildman–Crippen MR) is 110 cm³/mol. The van der Waals surface area contributed by atoms with Crippen LogP contribution in [0.2, 0.25) is 15.1 Å². The molecule has 29 heavy (non-hydrogen) atoms. The van der Waals surface area contributed by atoms with Crippen molar-refractivity contribution >= 4 is 58.4 Å². The van der Waals surface area contributed by atoms with Crippen molar-refractivity contribution in [2.45, 2.75) is 0 Å². The molecule has 0 unspecified atom stereocenters. The van der Waals surface area contributed by atoms with Crippen LogP contribution in [0.15, 0.2) is 35.9 Å². The summed E-state index contributed by atoms with van der Waals surface area (Å²) in [6.45, 7) is -0.610. The molecular formula is C19H13Cl3N2O5. The SMILES string of the molecule is COc1cc(/C=C(\C#N)C(=O)Nc2ccc(Cl)c(Cl)c2)cc(Cl)c1OCC(=O)O. The number of nitrogens with one attached hydrogen (secondary N) is 1. The van der Waals surface area contributed by atoms with Gasteiger partial charge in [0, 0.05) is 5.69 Å². The van der Waals surface area contributed by atoms with Crippen LogP contribution in [0.5, 0.6) is 11.5 Å². The first kappa shape index (κ1) is 22.4. The highest BCUT2D eigenvalue weighted by molar-refractivity contribution is 6.42. The number of carbonyl (C=O) groups excluding carboxylic acids is 1. The number of methoxy groups -OCH3 is 1. The summed E-state index contributed by atoms with van der Waals surface area (Å²) in [6.07, 6.45) is 1.29. The number of halogens is 3. The molecule has 1 amide bonds. The Bertz CT molecular complexity index is 1030. The maximum atomic E-state index is 12.4. The van der Waals surface area contributed by atoms with Crippen LogP contribution < -0.4 is 14.8 Å². The lowest BCUT2D eigenvalue weighted by molar-refractivity contribution is -0.139. The number of hydrogen-bond donors (Lipinski definition) is 2. The van der Waals surface area contributed by atoms with Crippen molar-refractivity contribution in [1.82, 2.24) is 0 Å². The lowest BCUT2D eigenvalue weighted by Gasteiger charge is -2.12. The zero-order valence-electron chi connectivity index (χ0n) is 14.8. The Kier molecular flexibility index (Phi) is 7.74. The van der Waals surface area contributed by atoms with E-state index < -0.39 is 18.5 Å². The van der Waals surface area contributed by atoms with E-state index in [0.29, 0.717) is 16.3 Å². The van der Waals surface area contributed by atoms with Gasteiger partial charge in [0.15, 0.2) is 18.1 Å². The van der Waals surface area contributed by atoms with Crippen molar-refractivity contribution in [3.63, 3.8) is 0 Å². The van der Waals surface area contributed by atoms with E-state index in [1.807, 2.05) is 0 Å². The van der Waals surface area contributed by atoms with Crippen molar-refractivity contribution in [1.29, 1.82) is 5.26 Å². The highest BCUT2D eigenvalue weighted by atomic mass is 35.5. The third-order valence-corrected chi connectivity index (χ3v) is 4.47. The third kappa shape index (κ3) is 6.03. The molecule has 150 valence electrons. The van der Waals surface area contributed by atoms with Crippen LogP contribution in [0.1, 0.15) is 5.56 Å². The normalized spacial score (nSPS) is 10.8. The van der Waals surface area contributed by atoms with Crippen LogP contribution in [0.3, 0.4) is 0 Å². The largest absolute Gasteiger partial charge is 0.493 e. The minimum atomic E-state index is -1.18. The van der Waals surface area contributed by atoms with Gasteiger partial charge in [0.1, 0.15) is 11.6 Å². The van der Waals surface area contributed by atoms with Gasteiger partial charge in [-0.05, 0) is 42.0 Å². The first-order valence-electron chi connectivity index (χ1n) is 7.85. The van der Waals surface area contributed by atoms with Crippen LogP contribution in [0, 0.1) is 11.3 Å². The minimum Gasteiger partial charge on any atom is -0.493 e. The molecule has 0 saturated heterocycles. The number of ether oxygens (including phenoxy) is 2. The molecule has 0 aromatic heterocycles. The number of benzene rings is 2. The molecule has 2 aromatic carbocycles. The van der Waals surface area contributed by atoms with Crippen molar-refractivity contribution in [3.05, 3.63) is 56.5 Å². The van der Waals surface area contributed by atoms with Gasteiger partial charge < -0.3 is 19.9 Å². The topological polar surface area (TPSA) is 109 Å². The van der Waals surface area contributed by atoms with Crippen molar-refractivity contribution in [2.24, 2.45) is 0 Å². The first-order valence-corrected chi connectivity index (χ1v) is 8.99. The van der Waals surface area contributed by atoms with E-state index >= 15 is 0 Å². The van der Waals surface area contributed by atoms with E-state index in [1.54, 1.807) is 6.07 Å².